The lowest BCUT2D eigenvalue weighted by atomic mass is 10.1. The third-order valence-electron chi connectivity index (χ3n) is 3.73. The molecule has 5 heteroatoms. The summed E-state index contributed by atoms with van der Waals surface area (Å²) < 4.78 is 5.14. The number of rotatable bonds is 4. The highest BCUT2D eigenvalue weighted by molar-refractivity contribution is 5.99. The van der Waals surface area contributed by atoms with Crippen LogP contribution in [-0.4, -0.2) is 42.5 Å². The maximum Gasteiger partial charge on any atom is 0.255 e. The molecule has 1 heterocycles. The van der Waals surface area contributed by atoms with Gasteiger partial charge in [0.25, 0.3) is 5.91 Å². The zero-order valence-electron chi connectivity index (χ0n) is 11.9. The fourth-order valence-corrected chi connectivity index (χ4v) is 2.40. The summed E-state index contributed by atoms with van der Waals surface area (Å²) in [6.45, 7) is 0.457. The number of ether oxygens (including phenoxy) is 1. The van der Waals surface area contributed by atoms with Crippen LogP contribution in [-0.2, 0) is 4.79 Å². The molecule has 1 fully saturated rings. The first-order valence-electron chi connectivity index (χ1n) is 7.11. The quantitative estimate of drug-likeness (QED) is 0.850. The third-order valence-corrected chi connectivity index (χ3v) is 3.73. The number of hydrogen-bond acceptors (Lipinski definition) is 3. The van der Waals surface area contributed by atoms with Crippen LogP contribution in [0, 0.1) is 0 Å². The molecule has 21 heavy (non-hydrogen) atoms. The smallest absolute Gasteiger partial charge is 0.255 e. The summed E-state index contributed by atoms with van der Waals surface area (Å²) in [4.78, 5) is 26.3. The minimum absolute atomic E-state index is 0.0949. The Hall–Kier alpha value is -2.30. The molecule has 1 atom stereocenters. The molecule has 1 aliphatic carbocycles. The molecule has 1 aromatic rings. The normalized spacial score (nSPS) is 20.4. The summed E-state index contributed by atoms with van der Waals surface area (Å²) in [6.07, 6.45) is 5.71. The first-order chi connectivity index (χ1) is 10.2. The van der Waals surface area contributed by atoms with Gasteiger partial charge in [0.1, 0.15) is 11.8 Å². The van der Waals surface area contributed by atoms with Crippen molar-refractivity contribution in [2.75, 3.05) is 13.7 Å². The van der Waals surface area contributed by atoms with Crippen molar-refractivity contribution in [1.82, 2.24) is 10.2 Å². The fourth-order valence-electron chi connectivity index (χ4n) is 2.40. The number of carbonyl (C=O) groups excluding carboxylic acids is 2. The molecule has 0 aromatic heterocycles. The van der Waals surface area contributed by atoms with Gasteiger partial charge in [-0.2, -0.15) is 0 Å². The van der Waals surface area contributed by atoms with Crippen molar-refractivity contribution in [2.45, 2.75) is 24.9 Å². The van der Waals surface area contributed by atoms with Crippen molar-refractivity contribution in [3.8, 4) is 5.75 Å². The highest BCUT2D eigenvalue weighted by Gasteiger charge is 2.34. The highest BCUT2D eigenvalue weighted by atomic mass is 16.5. The predicted octanol–water partition coefficient (Wildman–Crippen LogP) is 1.35. The number of nitrogens with zero attached hydrogens (tertiary/aromatic N) is 1. The van der Waals surface area contributed by atoms with E-state index >= 15 is 0 Å². The van der Waals surface area contributed by atoms with Crippen LogP contribution in [0.15, 0.2) is 36.4 Å². The van der Waals surface area contributed by atoms with E-state index in [9.17, 15) is 9.59 Å². The third kappa shape index (κ3) is 2.91. The minimum Gasteiger partial charge on any atom is -0.497 e. The van der Waals surface area contributed by atoms with E-state index in [1.807, 2.05) is 6.08 Å². The van der Waals surface area contributed by atoms with Crippen LogP contribution in [0.2, 0.25) is 0 Å². The van der Waals surface area contributed by atoms with Crippen LogP contribution in [0.1, 0.15) is 23.2 Å². The molecule has 1 saturated carbocycles. The second kappa shape index (κ2) is 5.60. The van der Waals surface area contributed by atoms with Crippen LogP contribution >= 0.6 is 0 Å². The van der Waals surface area contributed by atoms with Crippen molar-refractivity contribution in [3.05, 3.63) is 42.0 Å². The van der Waals surface area contributed by atoms with Gasteiger partial charge in [-0.25, -0.2) is 0 Å². The van der Waals surface area contributed by atoms with Gasteiger partial charge in [0.05, 0.1) is 7.11 Å². The van der Waals surface area contributed by atoms with Crippen LogP contribution in [0.25, 0.3) is 0 Å². The molecule has 0 saturated heterocycles. The molecule has 110 valence electrons. The largest absolute Gasteiger partial charge is 0.497 e. The van der Waals surface area contributed by atoms with Crippen molar-refractivity contribution in [1.29, 1.82) is 0 Å². The molecule has 1 aromatic carbocycles. The summed E-state index contributed by atoms with van der Waals surface area (Å²) in [5, 5.41) is 2.95. The van der Waals surface area contributed by atoms with E-state index in [0.29, 0.717) is 23.9 Å². The SMILES string of the molecule is COc1cccc(C(=O)N2CC=C[C@H]2C(=O)NC2CC2)c1. The highest BCUT2D eigenvalue weighted by Crippen LogP contribution is 2.22. The number of nitrogens with one attached hydrogen (secondary N) is 1. The van der Waals surface area contributed by atoms with E-state index in [-0.39, 0.29) is 11.8 Å². The summed E-state index contributed by atoms with van der Waals surface area (Å²) in [5.74, 6) is 0.379. The van der Waals surface area contributed by atoms with Gasteiger partial charge in [-0.05, 0) is 31.0 Å². The summed E-state index contributed by atoms with van der Waals surface area (Å²) in [5.41, 5.74) is 0.530. The fraction of sp³-hybridized carbons (Fsp3) is 0.375. The van der Waals surface area contributed by atoms with E-state index in [1.54, 1.807) is 42.4 Å². The second-order valence-electron chi connectivity index (χ2n) is 5.35. The number of amides is 2. The Kier molecular flexibility index (Phi) is 3.64. The lowest BCUT2D eigenvalue weighted by molar-refractivity contribution is -0.123. The zero-order chi connectivity index (χ0) is 14.8. The lowest BCUT2D eigenvalue weighted by Crippen LogP contribution is -2.46. The Bertz CT molecular complexity index is 593. The predicted molar refractivity (Wildman–Crippen MR) is 78.1 cm³/mol. The molecule has 3 rings (SSSR count). The first-order valence-corrected chi connectivity index (χ1v) is 7.11. The molecule has 2 aliphatic rings. The standard InChI is InChI=1S/C16H18N2O3/c1-21-13-5-2-4-11(10-13)16(20)18-9-3-6-14(18)15(19)17-12-7-8-12/h2-6,10,12,14H,7-9H2,1H3,(H,17,19)/t14-/m0/s1. The van der Waals surface area contributed by atoms with Crippen molar-refractivity contribution < 1.29 is 14.3 Å². The summed E-state index contributed by atoms with van der Waals surface area (Å²) in [6, 6.07) is 6.77. The van der Waals surface area contributed by atoms with Crippen LogP contribution < -0.4 is 10.1 Å². The molecule has 1 N–H and O–H groups in total. The molecule has 5 nitrogen and oxygen atoms in total. The Labute approximate surface area is 123 Å². The Balaban J connectivity index is 1.74. The molecular weight excluding hydrogens is 268 g/mol. The van der Waals surface area contributed by atoms with Gasteiger partial charge in [-0.1, -0.05) is 18.2 Å². The van der Waals surface area contributed by atoms with Gasteiger partial charge in [0, 0.05) is 18.2 Å². The van der Waals surface area contributed by atoms with E-state index in [4.69, 9.17) is 4.74 Å². The monoisotopic (exact) mass is 286 g/mol. The van der Waals surface area contributed by atoms with Gasteiger partial charge >= 0.3 is 0 Å². The molecule has 0 bridgehead atoms. The Morgan fingerprint density at radius 3 is 2.86 bits per heavy atom. The van der Waals surface area contributed by atoms with Crippen molar-refractivity contribution in [3.63, 3.8) is 0 Å². The van der Waals surface area contributed by atoms with Gasteiger partial charge in [0.15, 0.2) is 0 Å². The van der Waals surface area contributed by atoms with E-state index < -0.39 is 6.04 Å². The molecule has 0 radical (unpaired) electrons. The zero-order valence-corrected chi connectivity index (χ0v) is 11.9. The number of carbonyl (C=O) groups is 2. The van der Waals surface area contributed by atoms with Gasteiger partial charge in [0.2, 0.25) is 5.91 Å². The first kappa shape index (κ1) is 13.7. The van der Waals surface area contributed by atoms with Crippen LogP contribution in [0.3, 0.4) is 0 Å². The average Bonchev–Trinajstić information content (AvgIpc) is 3.18. The van der Waals surface area contributed by atoms with E-state index in [2.05, 4.69) is 5.32 Å². The maximum atomic E-state index is 12.6. The van der Waals surface area contributed by atoms with E-state index in [1.165, 1.54) is 0 Å². The summed E-state index contributed by atoms with van der Waals surface area (Å²) >= 11 is 0. The van der Waals surface area contributed by atoms with Gasteiger partial charge in [-0.15, -0.1) is 0 Å². The van der Waals surface area contributed by atoms with Crippen LogP contribution in [0.4, 0.5) is 0 Å². The van der Waals surface area contributed by atoms with Crippen LogP contribution in [0.5, 0.6) is 5.75 Å². The number of benzene rings is 1. The Morgan fingerprint density at radius 2 is 2.14 bits per heavy atom. The topological polar surface area (TPSA) is 58.6 Å². The van der Waals surface area contributed by atoms with Gasteiger partial charge < -0.3 is 15.0 Å². The Morgan fingerprint density at radius 1 is 1.33 bits per heavy atom. The molecule has 1 aliphatic heterocycles. The lowest BCUT2D eigenvalue weighted by Gasteiger charge is -2.24. The van der Waals surface area contributed by atoms with Crippen molar-refractivity contribution >= 4 is 11.8 Å². The molecule has 2 amide bonds. The van der Waals surface area contributed by atoms with Gasteiger partial charge in [-0.3, -0.25) is 9.59 Å². The molecule has 0 spiro atoms. The minimum atomic E-state index is -0.510. The van der Waals surface area contributed by atoms with Crippen molar-refractivity contribution in [2.24, 2.45) is 0 Å². The number of methoxy groups -OCH3 is 1. The number of hydrogen-bond donors (Lipinski definition) is 1. The van der Waals surface area contributed by atoms with E-state index in [0.717, 1.165) is 12.8 Å². The molecular formula is C16H18N2O3. The summed E-state index contributed by atoms with van der Waals surface area (Å²) in [7, 11) is 1.56. The molecule has 0 unspecified atom stereocenters. The second-order valence-corrected chi connectivity index (χ2v) is 5.35. The average molecular weight is 286 g/mol. The maximum absolute atomic E-state index is 12.6.